The number of carbonyl (C=O) groups excluding carboxylic acids is 1. The quantitative estimate of drug-likeness (QED) is 0.841. The lowest BCUT2D eigenvalue weighted by Gasteiger charge is -2.14. The summed E-state index contributed by atoms with van der Waals surface area (Å²) in [6.45, 7) is 0. The SMILES string of the molecule is O=C(NC1CCc2cc(Cl)ccc21)C1CC1c1ccccc1Cl. The molecule has 2 aromatic carbocycles. The summed E-state index contributed by atoms with van der Waals surface area (Å²) in [4.78, 5) is 12.6. The fourth-order valence-corrected chi connectivity index (χ4v) is 4.09. The Labute approximate surface area is 145 Å². The van der Waals surface area contributed by atoms with Crippen LogP contribution in [0.25, 0.3) is 0 Å². The van der Waals surface area contributed by atoms with Crippen LogP contribution in [0.3, 0.4) is 0 Å². The fraction of sp³-hybridized carbons (Fsp3) is 0.316. The van der Waals surface area contributed by atoms with Crippen LogP contribution in [0.1, 0.15) is 41.5 Å². The molecule has 118 valence electrons. The van der Waals surface area contributed by atoms with Crippen LogP contribution in [-0.2, 0) is 11.2 Å². The van der Waals surface area contributed by atoms with Gasteiger partial charge in [-0.15, -0.1) is 0 Å². The maximum absolute atomic E-state index is 12.6. The van der Waals surface area contributed by atoms with Crippen molar-refractivity contribution in [1.82, 2.24) is 5.32 Å². The van der Waals surface area contributed by atoms with E-state index in [9.17, 15) is 4.79 Å². The summed E-state index contributed by atoms with van der Waals surface area (Å²) in [5, 5.41) is 4.73. The van der Waals surface area contributed by atoms with Gasteiger partial charge in [-0.3, -0.25) is 4.79 Å². The Balaban J connectivity index is 1.44. The molecule has 3 atom stereocenters. The van der Waals surface area contributed by atoms with Crippen molar-refractivity contribution in [3.63, 3.8) is 0 Å². The Morgan fingerprint density at radius 2 is 1.91 bits per heavy atom. The number of nitrogens with one attached hydrogen (secondary N) is 1. The van der Waals surface area contributed by atoms with Gasteiger partial charge >= 0.3 is 0 Å². The highest BCUT2D eigenvalue weighted by Crippen LogP contribution is 2.50. The maximum atomic E-state index is 12.6. The average molecular weight is 346 g/mol. The highest BCUT2D eigenvalue weighted by molar-refractivity contribution is 6.31. The minimum atomic E-state index is 0.0475. The summed E-state index contributed by atoms with van der Waals surface area (Å²) in [7, 11) is 0. The van der Waals surface area contributed by atoms with Crippen LogP contribution in [-0.4, -0.2) is 5.91 Å². The Morgan fingerprint density at radius 3 is 2.74 bits per heavy atom. The molecule has 1 saturated carbocycles. The Morgan fingerprint density at radius 1 is 1.09 bits per heavy atom. The molecule has 3 unspecified atom stereocenters. The van der Waals surface area contributed by atoms with Gasteiger partial charge in [0.25, 0.3) is 0 Å². The van der Waals surface area contributed by atoms with E-state index < -0.39 is 0 Å². The number of hydrogen-bond donors (Lipinski definition) is 1. The van der Waals surface area contributed by atoms with Crippen molar-refractivity contribution in [2.45, 2.75) is 31.2 Å². The standard InChI is InChI=1S/C19H17Cl2NO/c20-12-6-7-13-11(9-12)5-8-18(13)22-19(23)16-10-15(16)14-3-1-2-4-17(14)21/h1-4,6-7,9,15-16,18H,5,8,10H2,(H,22,23). The number of halogens is 2. The van der Waals surface area contributed by atoms with Gasteiger partial charge in [0.1, 0.15) is 0 Å². The minimum absolute atomic E-state index is 0.0475. The first-order valence-electron chi connectivity index (χ1n) is 7.96. The monoisotopic (exact) mass is 345 g/mol. The summed E-state index contributed by atoms with van der Waals surface area (Å²) in [5.41, 5.74) is 3.55. The average Bonchev–Trinajstić information content (AvgIpc) is 3.24. The molecule has 23 heavy (non-hydrogen) atoms. The lowest BCUT2D eigenvalue weighted by molar-refractivity contribution is -0.123. The largest absolute Gasteiger partial charge is 0.349 e. The molecular weight excluding hydrogens is 329 g/mol. The predicted octanol–water partition coefficient (Wildman–Crippen LogP) is 4.90. The molecule has 1 fully saturated rings. The maximum Gasteiger partial charge on any atom is 0.224 e. The first-order valence-corrected chi connectivity index (χ1v) is 8.72. The van der Waals surface area contributed by atoms with Gasteiger partial charge in [0, 0.05) is 16.0 Å². The molecule has 0 radical (unpaired) electrons. The van der Waals surface area contributed by atoms with E-state index in [1.807, 2.05) is 42.5 Å². The first-order chi connectivity index (χ1) is 11.1. The van der Waals surface area contributed by atoms with Gasteiger partial charge in [0.15, 0.2) is 0 Å². The molecule has 2 aliphatic rings. The number of fused-ring (bicyclic) bond motifs is 1. The molecular formula is C19H17Cl2NO. The van der Waals surface area contributed by atoms with E-state index >= 15 is 0 Å². The third kappa shape index (κ3) is 2.86. The Hall–Kier alpha value is -1.51. The van der Waals surface area contributed by atoms with E-state index in [1.54, 1.807) is 0 Å². The molecule has 2 nitrogen and oxygen atoms in total. The zero-order chi connectivity index (χ0) is 16.0. The number of aryl methyl sites for hydroxylation is 1. The number of carbonyl (C=O) groups is 1. The fourth-order valence-electron chi connectivity index (χ4n) is 3.62. The second kappa shape index (κ2) is 5.85. The highest BCUT2D eigenvalue weighted by atomic mass is 35.5. The molecule has 0 aromatic heterocycles. The molecule has 0 heterocycles. The smallest absolute Gasteiger partial charge is 0.224 e. The minimum Gasteiger partial charge on any atom is -0.349 e. The molecule has 1 amide bonds. The number of amides is 1. The molecule has 4 rings (SSSR count). The summed E-state index contributed by atoms with van der Waals surface area (Å²) in [5.74, 6) is 0.448. The summed E-state index contributed by atoms with van der Waals surface area (Å²) < 4.78 is 0. The number of benzene rings is 2. The normalized spacial score (nSPS) is 25.0. The third-order valence-corrected chi connectivity index (χ3v) is 5.51. The predicted molar refractivity (Wildman–Crippen MR) is 93.0 cm³/mol. The lowest BCUT2D eigenvalue weighted by Crippen LogP contribution is -2.28. The van der Waals surface area contributed by atoms with Crippen molar-refractivity contribution < 1.29 is 4.79 Å². The Kier molecular flexibility index (Phi) is 3.82. The molecule has 0 spiro atoms. The van der Waals surface area contributed by atoms with E-state index in [0.717, 1.165) is 34.9 Å². The van der Waals surface area contributed by atoms with Crippen LogP contribution >= 0.6 is 23.2 Å². The van der Waals surface area contributed by atoms with Gasteiger partial charge in [-0.05, 0) is 60.1 Å². The van der Waals surface area contributed by atoms with Gasteiger partial charge in [-0.1, -0.05) is 47.5 Å². The van der Waals surface area contributed by atoms with Crippen LogP contribution < -0.4 is 5.32 Å². The van der Waals surface area contributed by atoms with Gasteiger partial charge in [-0.2, -0.15) is 0 Å². The molecule has 2 aromatic rings. The van der Waals surface area contributed by atoms with E-state index in [-0.39, 0.29) is 23.8 Å². The van der Waals surface area contributed by atoms with Crippen molar-refractivity contribution in [3.05, 3.63) is 69.2 Å². The van der Waals surface area contributed by atoms with Crippen LogP contribution in [0.15, 0.2) is 42.5 Å². The number of rotatable bonds is 3. The molecule has 0 aliphatic heterocycles. The van der Waals surface area contributed by atoms with Crippen molar-refractivity contribution in [2.75, 3.05) is 0 Å². The van der Waals surface area contributed by atoms with Crippen molar-refractivity contribution >= 4 is 29.1 Å². The Bertz CT molecular complexity index is 774. The van der Waals surface area contributed by atoms with E-state index in [4.69, 9.17) is 23.2 Å². The molecule has 0 bridgehead atoms. The summed E-state index contributed by atoms with van der Waals surface area (Å²) >= 11 is 12.3. The molecule has 0 saturated heterocycles. The van der Waals surface area contributed by atoms with E-state index in [1.165, 1.54) is 11.1 Å². The van der Waals surface area contributed by atoms with Crippen molar-refractivity contribution in [3.8, 4) is 0 Å². The van der Waals surface area contributed by atoms with Gasteiger partial charge in [0.05, 0.1) is 6.04 Å². The lowest BCUT2D eigenvalue weighted by atomic mass is 10.1. The molecule has 2 aliphatic carbocycles. The molecule has 4 heteroatoms. The summed E-state index contributed by atoms with van der Waals surface area (Å²) in [6, 6.07) is 13.9. The summed E-state index contributed by atoms with van der Waals surface area (Å²) in [6.07, 6.45) is 2.81. The van der Waals surface area contributed by atoms with Crippen LogP contribution in [0.5, 0.6) is 0 Å². The third-order valence-electron chi connectivity index (χ3n) is 4.93. The zero-order valence-electron chi connectivity index (χ0n) is 12.6. The van der Waals surface area contributed by atoms with Crippen LogP contribution in [0.4, 0.5) is 0 Å². The number of hydrogen-bond acceptors (Lipinski definition) is 1. The van der Waals surface area contributed by atoms with E-state index in [2.05, 4.69) is 5.32 Å². The second-order valence-electron chi connectivity index (χ2n) is 6.41. The van der Waals surface area contributed by atoms with Gasteiger partial charge in [-0.25, -0.2) is 0 Å². The zero-order valence-corrected chi connectivity index (χ0v) is 14.1. The van der Waals surface area contributed by atoms with E-state index in [0.29, 0.717) is 0 Å². The van der Waals surface area contributed by atoms with Gasteiger partial charge < -0.3 is 5.32 Å². The van der Waals surface area contributed by atoms with Gasteiger partial charge in [0.2, 0.25) is 5.91 Å². The second-order valence-corrected chi connectivity index (χ2v) is 7.26. The molecule has 1 N–H and O–H groups in total. The first kappa shape index (κ1) is 15.0. The van der Waals surface area contributed by atoms with Crippen molar-refractivity contribution in [1.29, 1.82) is 0 Å². The van der Waals surface area contributed by atoms with Crippen LogP contribution in [0, 0.1) is 5.92 Å². The van der Waals surface area contributed by atoms with Crippen LogP contribution in [0.2, 0.25) is 10.0 Å². The highest BCUT2D eigenvalue weighted by Gasteiger charge is 2.45. The van der Waals surface area contributed by atoms with Crippen molar-refractivity contribution in [2.24, 2.45) is 5.92 Å². The topological polar surface area (TPSA) is 29.1 Å².